The Bertz CT molecular complexity index is 887. The molecule has 0 fully saturated rings. The second-order valence-electron chi connectivity index (χ2n) is 9.57. The molecule has 0 aliphatic carbocycles. The number of ether oxygens (including phenoxy) is 1. The van der Waals surface area contributed by atoms with Gasteiger partial charge in [0, 0.05) is 6.54 Å². The molecule has 0 spiro atoms. The first kappa shape index (κ1) is 30.3. The fraction of sp³-hybridized carbons (Fsp3) is 0.615. The second kappa shape index (κ2) is 14.6. The van der Waals surface area contributed by atoms with Crippen molar-refractivity contribution in [1.29, 1.82) is 5.26 Å². The van der Waals surface area contributed by atoms with Crippen molar-refractivity contribution in [3.8, 4) is 6.07 Å². The number of nitriles is 1. The first-order valence-electron chi connectivity index (χ1n) is 11.9. The summed E-state index contributed by atoms with van der Waals surface area (Å²) in [4.78, 5) is 40.9. The van der Waals surface area contributed by atoms with Gasteiger partial charge in [-0.1, -0.05) is 42.7 Å². The average molecular weight is 505 g/mol. The lowest BCUT2D eigenvalue weighted by atomic mass is 9.98. The van der Waals surface area contributed by atoms with Crippen LogP contribution in [-0.2, 0) is 14.3 Å². The summed E-state index contributed by atoms with van der Waals surface area (Å²) in [6.07, 6.45) is 3.23. The van der Waals surface area contributed by atoms with Crippen molar-refractivity contribution < 1.29 is 19.1 Å². The van der Waals surface area contributed by atoms with E-state index in [2.05, 4.69) is 10.6 Å². The number of amides is 3. The summed E-state index contributed by atoms with van der Waals surface area (Å²) < 4.78 is 5.36. The third-order valence-electron chi connectivity index (χ3n) is 5.07. The number of alkyl carbamates (subject to hydrolysis) is 1. The normalized spacial score (nSPS) is 12.7. The van der Waals surface area contributed by atoms with Crippen LogP contribution >= 0.6 is 11.8 Å². The van der Waals surface area contributed by atoms with E-state index in [4.69, 9.17) is 4.74 Å². The summed E-state index contributed by atoms with van der Waals surface area (Å²) in [6.45, 7) is 11.3. The molecular weight excluding hydrogens is 464 g/mol. The van der Waals surface area contributed by atoms with E-state index in [-0.39, 0.29) is 12.5 Å². The summed E-state index contributed by atoms with van der Waals surface area (Å²) in [7, 11) is 0. The number of hydrogen-bond acceptors (Lipinski definition) is 6. The van der Waals surface area contributed by atoms with Crippen LogP contribution in [0.4, 0.5) is 4.79 Å². The molecule has 2 unspecified atom stereocenters. The van der Waals surface area contributed by atoms with Crippen molar-refractivity contribution in [3.63, 3.8) is 0 Å². The fourth-order valence-corrected chi connectivity index (χ4v) is 4.11. The molecule has 0 aliphatic rings. The number of benzene rings is 1. The number of unbranched alkanes of at least 4 members (excludes halogenated alkanes) is 1. The molecule has 194 valence electrons. The minimum absolute atomic E-state index is 0.302. The third-order valence-corrected chi connectivity index (χ3v) is 5.72. The number of thioether (sulfide) groups is 1. The molecule has 2 atom stereocenters. The van der Waals surface area contributed by atoms with Gasteiger partial charge >= 0.3 is 6.09 Å². The van der Waals surface area contributed by atoms with Crippen LogP contribution in [0.2, 0.25) is 0 Å². The Morgan fingerprint density at radius 3 is 2.31 bits per heavy atom. The van der Waals surface area contributed by atoms with Gasteiger partial charge in [-0.3, -0.25) is 9.59 Å². The van der Waals surface area contributed by atoms with Gasteiger partial charge in [0.1, 0.15) is 24.2 Å². The molecule has 9 heteroatoms. The van der Waals surface area contributed by atoms with Gasteiger partial charge in [-0.2, -0.15) is 17.0 Å². The first-order valence-corrected chi connectivity index (χ1v) is 13.3. The number of carbonyl (C=O) groups is 3. The van der Waals surface area contributed by atoms with E-state index >= 15 is 0 Å². The van der Waals surface area contributed by atoms with Crippen LogP contribution in [-0.4, -0.2) is 59.5 Å². The van der Waals surface area contributed by atoms with Crippen LogP contribution in [0, 0.1) is 25.2 Å². The Balaban J connectivity index is 3.42. The number of carbonyl (C=O) groups excluding carboxylic acids is 3. The summed E-state index contributed by atoms with van der Waals surface area (Å²) in [5.74, 6) is -0.252. The van der Waals surface area contributed by atoms with Crippen molar-refractivity contribution >= 4 is 29.7 Å². The van der Waals surface area contributed by atoms with Gasteiger partial charge in [0.2, 0.25) is 11.8 Å². The van der Waals surface area contributed by atoms with Gasteiger partial charge in [-0.25, -0.2) is 4.79 Å². The molecule has 3 amide bonds. The topological polar surface area (TPSA) is 112 Å². The number of rotatable bonds is 12. The molecule has 1 aromatic carbocycles. The molecule has 0 aromatic heterocycles. The van der Waals surface area contributed by atoms with E-state index in [0.29, 0.717) is 24.3 Å². The van der Waals surface area contributed by atoms with Crippen molar-refractivity contribution in [1.82, 2.24) is 15.5 Å². The lowest BCUT2D eigenvalue weighted by Crippen LogP contribution is -2.53. The molecule has 1 rings (SSSR count). The summed E-state index contributed by atoms with van der Waals surface area (Å²) >= 11 is 1.53. The van der Waals surface area contributed by atoms with E-state index in [0.717, 1.165) is 24.0 Å². The Hall–Kier alpha value is -2.73. The number of aryl methyl sites for hydroxylation is 2. The number of nitrogens with zero attached hydrogens (tertiary/aromatic N) is 2. The van der Waals surface area contributed by atoms with E-state index < -0.39 is 29.7 Å². The average Bonchev–Trinajstić information content (AvgIpc) is 2.74. The van der Waals surface area contributed by atoms with Gasteiger partial charge in [-0.15, -0.1) is 0 Å². The van der Waals surface area contributed by atoms with Gasteiger partial charge in [-0.05, 0) is 65.0 Å². The molecule has 35 heavy (non-hydrogen) atoms. The van der Waals surface area contributed by atoms with Crippen LogP contribution in [0.1, 0.15) is 69.7 Å². The minimum atomic E-state index is -1.00. The smallest absolute Gasteiger partial charge is 0.408 e. The van der Waals surface area contributed by atoms with Crippen molar-refractivity contribution in [3.05, 3.63) is 34.9 Å². The molecule has 0 aliphatic heterocycles. The third kappa shape index (κ3) is 10.6. The van der Waals surface area contributed by atoms with Crippen molar-refractivity contribution in [2.75, 3.05) is 25.1 Å². The highest BCUT2D eigenvalue weighted by Gasteiger charge is 2.36. The van der Waals surface area contributed by atoms with Gasteiger partial charge < -0.3 is 20.3 Å². The van der Waals surface area contributed by atoms with Crippen LogP contribution in [0.15, 0.2) is 18.2 Å². The second-order valence-corrected chi connectivity index (χ2v) is 10.6. The van der Waals surface area contributed by atoms with Gasteiger partial charge in [0.05, 0.1) is 6.07 Å². The minimum Gasteiger partial charge on any atom is -0.444 e. The number of nitrogens with one attached hydrogen (secondary N) is 2. The summed E-state index contributed by atoms with van der Waals surface area (Å²) in [6, 6.07) is 5.77. The highest BCUT2D eigenvalue weighted by atomic mass is 32.2. The van der Waals surface area contributed by atoms with Gasteiger partial charge in [0.15, 0.2) is 0 Å². The molecular formula is C26H40N4O4S. The highest BCUT2D eigenvalue weighted by molar-refractivity contribution is 7.98. The monoisotopic (exact) mass is 504 g/mol. The van der Waals surface area contributed by atoms with Crippen molar-refractivity contribution in [2.45, 2.75) is 78.5 Å². The predicted molar refractivity (Wildman–Crippen MR) is 140 cm³/mol. The van der Waals surface area contributed by atoms with Crippen LogP contribution in [0.25, 0.3) is 0 Å². The molecule has 0 saturated carbocycles. The maximum absolute atomic E-state index is 13.8. The standard InChI is InChI=1S/C26H40N4O4S/c1-8-9-12-28-23(31)22(20-16-18(2)15-19(3)17-20)30(13-11-27)24(32)21(10-14-35-7)29-25(33)34-26(4,5)6/h15-17,21-22H,8-10,12-14H2,1-7H3,(H,28,31)(H,29,33). The lowest BCUT2D eigenvalue weighted by Gasteiger charge is -2.33. The fourth-order valence-electron chi connectivity index (χ4n) is 3.64. The van der Waals surface area contributed by atoms with Crippen LogP contribution < -0.4 is 10.6 Å². The zero-order chi connectivity index (χ0) is 26.6. The lowest BCUT2D eigenvalue weighted by molar-refractivity contribution is -0.141. The SMILES string of the molecule is CCCCNC(=O)C(c1cc(C)cc(C)c1)N(CC#N)C(=O)C(CCSC)NC(=O)OC(C)(C)C. The molecule has 8 nitrogen and oxygen atoms in total. The Kier molecular flexibility index (Phi) is 12.7. The molecule has 2 N–H and O–H groups in total. The summed E-state index contributed by atoms with van der Waals surface area (Å²) in [5.41, 5.74) is 1.79. The number of hydrogen-bond donors (Lipinski definition) is 2. The van der Waals surface area contributed by atoms with Gasteiger partial charge in [0.25, 0.3) is 0 Å². The summed E-state index contributed by atoms with van der Waals surface area (Å²) in [5, 5.41) is 15.2. The Morgan fingerprint density at radius 1 is 1.17 bits per heavy atom. The van der Waals surface area contributed by atoms with E-state index in [1.165, 1.54) is 16.7 Å². The van der Waals surface area contributed by atoms with Crippen LogP contribution in [0.5, 0.6) is 0 Å². The van der Waals surface area contributed by atoms with Crippen LogP contribution in [0.3, 0.4) is 0 Å². The molecule has 0 saturated heterocycles. The molecule has 0 radical (unpaired) electrons. The quantitative estimate of drug-likeness (QED) is 0.325. The maximum Gasteiger partial charge on any atom is 0.408 e. The molecule has 0 bridgehead atoms. The largest absolute Gasteiger partial charge is 0.444 e. The van der Waals surface area contributed by atoms with E-state index in [1.54, 1.807) is 20.8 Å². The van der Waals surface area contributed by atoms with E-state index in [9.17, 15) is 19.6 Å². The maximum atomic E-state index is 13.8. The van der Waals surface area contributed by atoms with Crippen molar-refractivity contribution in [2.24, 2.45) is 0 Å². The molecule has 1 aromatic rings. The Morgan fingerprint density at radius 2 is 1.80 bits per heavy atom. The predicted octanol–water partition coefficient (Wildman–Crippen LogP) is 4.26. The highest BCUT2D eigenvalue weighted by Crippen LogP contribution is 2.25. The molecule has 0 heterocycles. The first-order chi connectivity index (χ1) is 16.4. The zero-order valence-electron chi connectivity index (χ0n) is 22.1. The van der Waals surface area contributed by atoms with E-state index in [1.807, 2.05) is 51.3 Å². The zero-order valence-corrected chi connectivity index (χ0v) is 22.9. The Labute approximate surface area is 214 Å².